The van der Waals surface area contributed by atoms with Gasteiger partial charge in [-0.15, -0.1) is 0 Å². The second kappa shape index (κ2) is 6.33. The van der Waals surface area contributed by atoms with E-state index >= 15 is 0 Å². The highest BCUT2D eigenvalue weighted by molar-refractivity contribution is 9.10. The van der Waals surface area contributed by atoms with Crippen LogP contribution in [0.5, 0.6) is 0 Å². The van der Waals surface area contributed by atoms with Gasteiger partial charge in [-0.2, -0.15) is 0 Å². The number of aliphatic hydroxyl groups is 1. The van der Waals surface area contributed by atoms with Crippen molar-refractivity contribution in [3.05, 3.63) is 63.6 Å². The fourth-order valence-electron chi connectivity index (χ4n) is 1.98. The molecule has 0 saturated heterocycles. The zero-order valence-corrected chi connectivity index (χ0v) is 12.4. The first-order chi connectivity index (χ1) is 9.49. The Morgan fingerprint density at radius 3 is 2.55 bits per heavy atom. The fraction of sp³-hybridized carbons (Fsp3) is 0.200. The fourth-order valence-corrected chi connectivity index (χ4v) is 2.38. The highest BCUT2D eigenvalue weighted by Gasteiger charge is 2.12. The summed E-state index contributed by atoms with van der Waals surface area (Å²) in [5.74, 6) is -0.712. The number of aliphatic hydroxyl groups excluding tert-OH is 1. The smallest absolute Gasteiger partial charge is 0.137 e. The lowest BCUT2D eigenvalue weighted by Crippen LogP contribution is -2.15. The summed E-state index contributed by atoms with van der Waals surface area (Å²) in [4.78, 5) is 0. The Balaban J connectivity index is 2.26. The van der Waals surface area contributed by atoms with Crippen molar-refractivity contribution < 1.29 is 13.9 Å². The van der Waals surface area contributed by atoms with Gasteiger partial charge < -0.3 is 10.4 Å². The van der Waals surface area contributed by atoms with Gasteiger partial charge in [0.1, 0.15) is 11.6 Å². The molecule has 1 atom stereocenters. The van der Waals surface area contributed by atoms with Crippen LogP contribution in [0, 0.1) is 18.6 Å². The third-order valence-electron chi connectivity index (χ3n) is 2.91. The van der Waals surface area contributed by atoms with E-state index in [1.54, 1.807) is 25.1 Å². The SMILES string of the molecule is Cc1cc(F)cc(NC(CO)c2ccc(F)c(Br)c2)c1. The number of hydrogen-bond donors (Lipinski definition) is 2. The van der Waals surface area contributed by atoms with Gasteiger partial charge in [0.2, 0.25) is 0 Å². The quantitative estimate of drug-likeness (QED) is 0.874. The lowest BCUT2D eigenvalue weighted by Gasteiger charge is -2.19. The molecule has 0 spiro atoms. The van der Waals surface area contributed by atoms with Gasteiger partial charge >= 0.3 is 0 Å². The summed E-state index contributed by atoms with van der Waals surface area (Å²) < 4.78 is 26.9. The van der Waals surface area contributed by atoms with E-state index in [1.807, 2.05) is 0 Å². The van der Waals surface area contributed by atoms with Gasteiger partial charge in [0.15, 0.2) is 0 Å². The molecule has 5 heteroatoms. The third kappa shape index (κ3) is 3.55. The largest absolute Gasteiger partial charge is 0.394 e. The molecule has 0 aliphatic rings. The van der Waals surface area contributed by atoms with Gasteiger partial charge in [0.05, 0.1) is 17.1 Å². The summed E-state index contributed by atoms with van der Waals surface area (Å²) >= 11 is 3.11. The van der Waals surface area contributed by atoms with Gasteiger partial charge in [-0.1, -0.05) is 6.07 Å². The van der Waals surface area contributed by atoms with Gasteiger partial charge in [-0.05, 0) is 64.3 Å². The number of anilines is 1. The van der Waals surface area contributed by atoms with Crippen LogP contribution < -0.4 is 5.32 Å². The van der Waals surface area contributed by atoms with Crippen molar-refractivity contribution in [3.8, 4) is 0 Å². The van der Waals surface area contributed by atoms with E-state index in [0.29, 0.717) is 15.7 Å². The van der Waals surface area contributed by atoms with E-state index in [9.17, 15) is 13.9 Å². The lowest BCUT2D eigenvalue weighted by atomic mass is 10.1. The van der Waals surface area contributed by atoms with Crippen molar-refractivity contribution in [3.63, 3.8) is 0 Å². The van der Waals surface area contributed by atoms with Gasteiger partial charge in [0.25, 0.3) is 0 Å². The molecule has 0 aliphatic carbocycles. The molecule has 106 valence electrons. The Morgan fingerprint density at radius 2 is 1.95 bits per heavy atom. The monoisotopic (exact) mass is 341 g/mol. The van der Waals surface area contributed by atoms with E-state index in [2.05, 4.69) is 21.2 Å². The maximum atomic E-state index is 13.3. The van der Waals surface area contributed by atoms with E-state index in [1.165, 1.54) is 18.2 Å². The molecule has 0 aromatic heterocycles. The molecule has 2 N–H and O–H groups in total. The first kappa shape index (κ1) is 14.9. The molecule has 2 nitrogen and oxygen atoms in total. The zero-order chi connectivity index (χ0) is 14.7. The molecule has 0 amide bonds. The van der Waals surface area contributed by atoms with Crippen molar-refractivity contribution in [1.29, 1.82) is 0 Å². The highest BCUT2D eigenvalue weighted by Crippen LogP contribution is 2.25. The second-order valence-electron chi connectivity index (χ2n) is 4.57. The van der Waals surface area contributed by atoms with Gasteiger partial charge in [-0.25, -0.2) is 8.78 Å². The number of halogens is 3. The molecule has 0 saturated carbocycles. The predicted molar refractivity (Wildman–Crippen MR) is 78.7 cm³/mol. The molecule has 0 bridgehead atoms. The van der Waals surface area contributed by atoms with Crippen molar-refractivity contribution >= 4 is 21.6 Å². The minimum atomic E-state index is -0.437. The molecule has 2 rings (SSSR count). The molecule has 0 fully saturated rings. The van der Waals surface area contributed by atoms with Crippen LogP contribution in [0.4, 0.5) is 14.5 Å². The highest BCUT2D eigenvalue weighted by atomic mass is 79.9. The van der Waals surface area contributed by atoms with Gasteiger partial charge in [-0.3, -0.25) is 0 Å². The van der Waals surface area contributed by atoms with Crippen molar-refractivity contribution in [1.82, 2.24) is 0 Å². The lowest BCUT2D eigenvalue weighted by molar-refractivity contribution is 0.276. The Morgan fingerprint density at radius 1 is 1.20 bits per heavy atom. The van der Waals surface area contributed by atoms with Crippen LogP contribution >= 0.6 is 15.9 Å². The summed E-state index contributed by atoms with van der Waals surface area (Å²) in [6.45, 7) is 1.60. The molecular weight excluding hydrogens is 328 g/mol. The minimum absolute atomic E-state index is 0.187. The van der Waals surface area contributed by atoms with Crippen LogP contribution in [-0.2, 0) is 0 Å². The first-order valence-corrected chi connectivity index (χ1v) is 6.88. The van der Waals surface area contributed by atoms with Crippen LogP contribution in [0.2, 0.25) is 0 Å². The average Bonchev–Trinajstić information content (AvgIpc) is 2.38. The van der Waals surface area contributed by atoms with Crippen LogP contribution in [0.25, 0.3) is 0 Å². The number of nitrogens with one attached hydrogen (secondary N) is 1. The Labute approximate surface area is 124 Å². The summed E-state index contributed by atoms with van der Waals surface area (Å²) in [5, 5.41) is 12.5. The molecule has 0 heterocycles. The average molecular weight is 342 g/mol. The number of rotatable bonds is 4. The first-order valence-electron chi connectivity index (χ1n) is 6.09. The summed E-state index contributed by atoms with van der Waals surface area (Å²) in [6.07, 6.45) is 0. The van der Waals surface area contributed by atoms with Crippen molar-refractivity contribution in [2.75, 3.05) is 11.9 Å². The second-order valence-corrected chi connectivity index (χ2v) is 5.42. The van der Waals surface area contributed by atoms with Crippen molar-refractivity contribution in [2.45, 2.75) is 13.0 Å². The standard InChI is InChI=1S/C15H14BrF2NO/c1-9-4-11(17)7-12(5-9)19-15(8-20)10-2-3-14(18)13(16)6-10/h2-7,15,19-20H,8H2,1H3. The molecule has 20 heavy (non-hydrogen) atoms. The van der Waals surface area contributed by atoms with Crippen LogP contribution in [0.1, 0.15) is 17.2 Å². The number of aryl methyl sites for hydroxylation is 1. The zero-order valence-electron chi connectivity index (χ0n) is 10.8. The van der Waals surface area contributed by atoms with E-state index in [4.69, 9.17) is 0 Å². The maximum absolute atomic E-state index is 13.3. The topological polar surface area (TPSA) is 32.3 Å². The number of hydrogen-bond acceptors (Lipinski definition) is 2. The molecule has 0 radical (unpaired) electrons. The molecule has 1 unspecified atom stereocenters. The summed E-state index contributed by atoms with van der Waals surface area (Å²) in [6, 6.07) is 8.62. The Kier molecular flexibility index (Phi) is 4.73. The summed E-state index contributed by atoms with van der Waals surface area (Å²) in [5.41, 5.74) is 2.06. The maximum Gasteiger partial charge on any atom is 0.137 e. The third-order valence-corrected chi connectivity index (χ3v) is 3.52. The molecule has 2 aromatic carbocycles. The van der Waals surface area contributed by atoms with Crippen LogP contribution in [0.3, 0.4) is 0 Å². The van der Waals surface area contributed by atoms with Gasteiger partial charge in [0, 0.05) is 5.69 Å². The van der Waals surface area contributed by atoms with E-state index in [-0.39, 0.29) is 18.2 Å². The van der Waals surface area contributed by atoms with E-state index in [0.717, 1.165) is 5.56 Å². The Hall–Kier alpha value is -1.46. The molecule has 0 aliphatic heterocycles. The normalized spacial score (nSPS) is 12.2. The van der Waals surface area contributed by atoms with Crippen molar-refractivity contribution in [2.24, 2.45) is 0 Å². The molecular formula is C15H14BrF2NO. The van der Waals surface area contributed by atoms with Crippen LogP contribution in [0.15, 0.2) is 40.9 Å². The minimum Gasteiger partial charge on any atom is -0.394 e. The predicted octanol–water partition coefficient (Wildman–Crippen LogP) is 4.18. The van der Waals surface area contributed by atoms with Crippen LogP contribution in [-0.4, -0.2) is 11.7 Å². The molecule has 2 aromatic rings. The van der Waals surface area contributed by atoms with E-state index < -0.39 is 6.04 Å². The Bertz CT molecular complexity index is 599. The summed E-state index contributed by atoms with van der Waals surface area (Å²) in [7, 11) is 0. The number of benzene rings is 2.